The Morgan fingerprint density at radius 2 is 2.10 bits per heavy atom. The standard InChI is InChI=1S/C14H15N3O3S/c1-3-15-13-9-8-10(17(18)19)14(16-13)20-11-6-4-5-7-12(11)21-2/h4-9H,3H2,1-2H3,(H,15,16). The van der Waals surface area contributed by atoms with Crippen LogP contribution in [0.1, 0.15) is 6.92 Å². The molecule has 7 heteroatoms. The molecule has 1 aromatic heterocycles. The average molecular weight is 305 g/mol. The smallest absolute Gasteiger partial charge is 0.331 e. The lowest BCUT2D eigenvalue weighted by Crippen LogP contribution is -2.02. The van der Waals surface area contributed by atoms with Crippen molar-refractivity contribution in [2.45, 2.75) is 11.8 Å². The number of pyridine rings is 1. The normalized spacial score (nSPS) is 10.2. The monoisotopic (exact) mass is 305 g/mol. The van der Waals surface area contributed by atoms with Crippen molar-refractivity contribution in [1.82, 2.24) is 4.98 Å². The molecule has 0 saturated heterocycles. The summed E-state index contributed by atoms with van der Waals surface area (Å²) in [7, 11) is 0. The molecule has 21 heavy (non-hydrogen) atoms. The molecule has 0 bridgehead atoms. The summed E-state index contributed by atoms with van der Waals surface area (Å²) in [4.78, 5) is 15.7. The van der Waals surface area contributed by atoms with Crippen LogP contribution in [0.4, 0.5) is 11.5 Å². The van der Waals surface area contributed by atoms with Crippen molar-refractivity contribution in [3.8, 4) is 11.6 Å². The van der Waals surface area contributed by atoms with Gasteiger partial charge in [0.05, 0.1) is 4.92 Å². The summed E-state index contributed by atoms with van der Waals surface area (Å²) >= 11 is 1.51. The van der Waals surface area contributed by atoms with Crippen molar-refractivity contribution in [1.29, 1.82) is 0 Å². The maximum Gasteiger partial charge on any atom is 0.331 e. The molecule has 110 valence electrons. The number of aromatic nitrogens is 1. The van der Waals surface area contributed by atoms with Crippen LogP contribution in [0, 0.1) is 10.1 Å². The predicted octanol–water partition coefficient (Wildman–Crippen LogP) is 3.94. The van der Waals surface area contributed by atoms with Gasteiger partial charge in [-0.15, -0.1) is 11.8 Å². The Morgan fingerprint density at radius 1 is 1.33 bits per heavy atom. The first-order valence-corrected chi connectivity index (χ1v) is 7.58. The van der Waals surface area contributed by atoms with Gasteiger partial charge in [-0.2, -0.15) is 4.98 Å². The maximum absolute atomic E-state index is 11.1. The highest BCUT2D eigenvalue weighted by Crippen LogP contribution is 2.35. The molecule has 0 atom stereocenters. The lowest BCUT2D eigenvalue weighted by atomic mass is 10.3. The molecule has 2 aromatic rings. The molecule has 0 saturated carbocycles. The number of nitro groups is 1. The Kier molecular flexibility index (Phi) is 4.99. The molecule has 0 aliphatic rings. The van der Waals surface area contributed by atoms with Gasteiger partial charge in [0.1, 0.15) is 11.6 Å². The minimum absolute atomic E-state index is 0.0139. The van der Waals surface area contributed by atoms with Gasteiger partial charge >= 0.3 is 11.6 Å². The van der Waals surface area contributed by atoms with Crippen molar-refractivity contribution < 1.29 is 9.66 Å². The summed E-state index contributed by atoms with van der Waals surface area (Å²) in [5.74, 6) is 1.08. The van der Waals surface area contributed by atoms with Gasteiger partial charge in [-0.3, -0.25) is 10.1 Å². The molecule has 1 N–H and O–H groups in total. The third-order valence-corrected chi connectivity index (χ3v) is 3.45. The van der Waals surface area contributed by atoms with Gasteiger partial charge in [0.15, 0.2) is 0 Å². The largest absolute Gasteiger partial charge is 0.432 e. The van der Waals surface area contributed by atoms with E-state index < -0.39 is 4.92 Å². The summed E-state index contributed by atoms with van der Waals surface area (Å²) in [6.07, 6.45) is 1.92. The van der Waals surface area contributed by atoms with E-state index in [4.69, 9.17) is 4.74 Å². The van der Waals surface area contributed by atoms with Crippen LogP contribution in [0.2, 0.25) is 0 Å². The quantitative estimate of drug-likeness (QED) is 0.495. The molecule has 0 unspecified atom stereocenters. The Labute approximate surface area is 126 Å². The highest BCUT2D eigenvalue weighted by atomic mass is 32.2. The fourth-order valence-electron chi connectivity index (χ4n) is 1.73. The number of ether oxygens (including phenoxy) is 1. The van der Waals surface area contributed by atoms with E-state index in [1.165, 1.54) is 17.8 Å². The number of hydrogen-bond acceptors (Lipinski definition) is 6. The Bertz CT molecular complexity index is 649. The molecular weight excluding hydrogens is 290 g/mol. The predicted molar refractivity (Wildman–Crippen MR) is 83.4 cm³/mol. The van der Waals surface area contributed by atoms with Crippen molar-refractivity contribution in [2.75, 3.05) is 18.1 Å². The van der Waals surface area contributed by atoms with E-state index in [2.05, 4.69) is 10.3 Å². The summed E-state index contributed by atoms with van der Waals surface area (Å²) in [5, 5.41) is 14.1. The highest BCUT2D eigenvalue weighted by molar-refractivity contribution is 7.98. The minimum Gasteiger partial charge on any atom is -0.432 e. The van der Waals surface area contributed by atoms with E-state index in [0.29, 0.717) is 18.1 Å². The second-order valence-corrected chi connectivity index (χ2v) is 4.91. The molecular formula is C14H15N3O3S. The number of hydrogen-bond donors (Lipinski definition) is 1. The fraction of sp³-hybridized carbons (Fsp3) is 0.214. The Hall–Kier alpha value is -2.28. The van der Waals surface area contributed by atoms with Crippen LogP contribution in [0.3, 0.4) is 0 Å². The molecule has 0 radical (unpaired) electrons. The van der Waals surface area contributed by atoms with Gasteiger partial charge < -0.3 is 10.1 Å². The van der Waals surface area contributed by atoms with E-state index in [1.54, 1.807) is 12.1 Å². The first kappa shape index (κ1) is 15.1. The van der Waals surface area contributed by atoms with E-state index in [-0.39, 0.29) is 11.6 Å². The van der Waals surface area contributed by atoms with E-state index >= 15 is 0 Å². The number of benzene rings is 1. The number of nitrogens with zero attached hydrogens (tertiary/aromatic N) is 2. The van der Waals surface area contributed by atoms with Crippen LogP contribution in [0.25, 0.3) is 0 Å². The zero-order valence-corrected chi connectivity index (χ0v) is 12.5. The summed E-state index contributed by atoms with van der Waals surface area (Å²) in [5.41, 5.74) is -0.160. The number of rotatable bonds is 6. The van der Waals surface area contributed by atoms with Crippen LogP contribution in [0.15, 0.2) is 41.3 Å². The number of anilines is 1. The van der Waals surface area contributed by atoms with Crippen LogP contribution in [-0.4, -0.2) is 22.7 Å². The molecule has 0 fully saturated rings. The molecule has 6 nitrogen and oxygen atoms in total. The molecule has 2 rings (SSSR count). The molecule has 1 heterocycles. The van der Waals surface area contributed by atoms with Crippen molar-refractivity contribution >= 4 is 23.3 Å². The van der Waals surface area contributed by atoms with E-state index in [0.717, 1.165) is 4.90 Å². The van der Waals surface area contributed by atoms with Crippen molar-refractivity contribution in [3.63, 3.8) is 0 Å². The van der Waals surface area contributed by atoms with Crippen LogP contribution >= 0.6 is 11.8 Å². The van der Waals surface area contributed by atoms with Gasteiger partial charge in [0.2, 0.25) is 0 Å². The SMILES string of the molecule is CCNc1ccc([N+](=O)[O-])c(Oc2ccccc2SC)n1. The van der Waals surface area contributed by atoms with Gasteiger partial charge in [0, 0.05) is 17.5 Å². The molecule has 0 aliphatic carbocycles. The number of thioether (sulfide) groups is 1. The third-order valence-electron chi connectivity index (χ3n) is 2.67. The first-order valence-electron chi connectivity index (χ1n) is 6.36. The second-order valence-electron chi connectivity index (χ2n) is 4.06. The topological polar surface area (TPSA) is 77.3 Å². The number of para-hydroxylation sites is 1. The Morgan fingerprint density at radius 3 is 2.76 bits per heavy atom. The molecule has 0 aliphatic heterocycles. The van der Waals surface area contributed by atoms with Crippen LogP contribution in [0.5, 0.6) is 11.6 Å². The third kappa shape index (κ3) is 3.63. The van der Waals surface area contributed by atoms with Crippen LogP contribution in [-0.2, 0) is 0 Å². The zero-order chi connectivity index (χ0) is 15.2. The fourth-order valence-corrected chi connectivity index (χ4v) is 2.26. The van der Waals surface area contributed by atoms with Gasteiger partial charge in [-0.05, 0) is 31.4 Å². The summed E-state index contributed by atoms with van der Waals surface area (Å²) < 4.78 is 5.67. The van der Waals surface area contributed by atoms with Crippen molar-refractivity contribution in [3.05, 3.63) is 46.5 Å². The van der Waals surface area contributed by atoms with Crippen LogP contribution < -0.4 is 10.1 Å². The lowest BCUT2D eigenvalue weighted by Gasteiger charge is -2.10. The molecule has 1 aromatic carbocycles. The van der Waals surface area contributed by atoms with Gasteiger partial charge in [0.25, 0.3) is 0 Å². The first-order chi connectivity index (χ1) is 10.2. The van der Waals surface area contributed by atoms with Crippen molar-refractivity contribution in [2.24, 2.45) is 0 Å². The highest BCUT2D eigenvalue weighted by Gasteiger charge is 2.19. The average Bonchev–Trinajstić information content (AvgIpc) is 2.48. The minimum atomic E-state index is -0.500. The zero-order valence-electron chi connectivity index (χ0n) is 11.7. The van der Waals surface area contributed by atoms with Gasteiger partial charge in [-0.1, -0.05) is 12.1 Å². The van der Waals surface area contributed by atoms with Gasteiger partial charge in [-0.25, -0.2) is 0 Å². The second kappa shape index (κ2) is 6.94. The molecule has 0 amide bonds. The van der Waals surface area contributed by atoms with E-state index in [1.807, 2.05) is 31.4 Å². The summed E-state index contributed by atoms with van der Waals surface area (Å²) in [6.45, 7) is 2.60. The number of nitrogens with one attached hydrogen (secondary N) is 1. The Balaban J connectivity index is 2.40. The molecule has 0 spiro atoms. The lowest BCUT2D eigenvalue weighted by molar-refractivity contribution is -0.386. The summed E-state index contributed by atoms with van der Waals surface area (Å²) in [6, 6.07) is 10.3. The van der Waals surface area contributed by atoms with E-state index in [9.17, 15) is 10.1 Å². The maximum atomic E-state index is 11.1.